The fourth-order valence-electron chi connectivity index (χ4n) is 5.97. The fraction of sp³-hybridized carbons (Fsp3) is 0.421. The molecule has 0 radical (unpaired) electrons. The number of esters is 1. The highest BCUT2D eigenvalue weighted by molar-refractivity contribution is 9.10. The molecule has 0 unspecified atom stereocenters. The van der Waals surface area contributed by atoms with Gasteiger partial charge in [0.1, 0.15) is 5.75 Å². The third-order valence-corrected chi connectivity index (χ3v) is 9.87. The smallest absolute Gasteiger partial charge is 0.315 e. The number of benzene rings is 1. The van der Waals surface area contributed by atoms with Gasteiger partial charge < -0.3 is 14.8 Å². The minimum Gasteiger partial charge on any atom is -0.481 e. The molecular weight excluding hydrogens is 466 g/mol. The van der Waals surface area contributed by atoms with Crippen LogP contribution in [0.1, 0.15) is 22.8 Å². The zero-order valence-corrected chi connectivity index (χ0v) is 17.5. The summed E-state index contributed by atoms with van der Waals surface area (Å²) in [6.07, 6.45) is 0.720. The maximum Gasteiger partial charge on any atom is 0.315 e. The number of ether oxygens (including phenoxy) is 1. The van der Waals surface area contributed by atoms with Gasteiger partial charge in [-0.3, -0.25) is 14.4 Å². The van der Waals surface area contributed by atoms with Crippen LogP contribution in [0, 0.1) is 29.6 Å². The lowest BCUT2D eigenvalue weighted by atomic mass is 9.66. The molecule has 2 saturated carbocycles. The lowest BCUT2D eigenvalue weighted by Gasteiger charge is -2.45. The van der Waals surface area contributed by atoms with Gasteiger partial charge in [-0.15, -0.1) is 11.8 Å². The van der Waals surface area contributed by atoms with Gasteiger partial charge in [-0.2, -0.15) is 0 Å². The van der Waals surface area contributed by atoms with Gasteiger partial charge in [0.2, 0.25) is 0 Å². The van der Waals surface area contributed by atoms with E-state index in [9.17, 15) is 19.5 Å². The van der Waals surface area contributed by atoms with E-state index >= 15 is 0 Å². The summed E-state index contributed by atoms with van der Waals surface area (Å²) < 4.78 is 6.63. The maximum atomic E-state index is 13.0. The molecule has 0 amide bonds. The summed E-state index contributed by atoms with van der Waals surface area (Å²) in [5.41, 5.74) is 0.896. The largest absolute Gasteiger partial charge is 0.481 e. The molecule has 6 rings (SSSR count). The number of thiazole rings is 1. The number of hydrogen-bond donors (Lipinski definition) is 2. The molecule has 3 heterocycles. The molecule has 2 aromatic rings. The minimum atomic E-state index is -0.925. The first-order chi connectivity index (χ1) is 13.4. The third kappa shape index (κ3) is 2.12. The minimum absolute atomic E-state index is 0.0430. The first-order valence-electron chi connectivity index (χ1n) is 9.07. The van der Waals surface area contributed by atoms with Crippen LogP contribution >= 0.6 is 39.0 Å². The fourth-order valence-corrected chi connectivity index (χ4v) is 9.23. The van der Waals surface area contributed by atoms with Crippen molar-refractivity contribution in [2.45, 2.75) is 22.6 Å². The van der Waals surface area contributed by atoms with Crippen molar-refractivity contribution in [3.8, 4) is 5.75 Å². The van der Waals surface area contributed by atoms with E-state index in [1.54, 1.807) is 17.8 Å². The Bertz CT molecular complexity index is 1110. The molecule has 0 spiro atoms. The van der Waals surface area contributed by atoms with Crippen molar-refractivity contribution in [1.82, 2.24) is 4.98 Å². The summed E-state index contributed by atoms with van der Waals surface area (Å²) in [5, 5.41) is 10.8. The number of rotatable bonds is 1. The number of aromatic nitrogens is 1. The Labute approximate surface area is 175 Å². The van der Waals surface area contributed by atoms with Crippen LogP contribution in [0.25, 0.3) is 0 Å². The quantitative estimate of drug-likeness (QED) is 0.481. The first-order valence-corrected chi connectivity index (χ1v) is 11.6. The highest BCUT2D eigenvalue weighted by Gasteiger charge is 2.67. The number of H-pyrrole nitrogens is 1. The van der Waals surface area contributed by atoms with Crippen LogP contribution in [0.2, 0.25) is 0 Å². The average molecular weight is 480 g/mol. The summed E-state index contributed by atoms with van der Waals surface area (Å²) in [5.74, 6) is -2.33. The van der Waals surface area contributed by atoms with Gasteiger partial charge in [0.05, 0.1) is 16.9 Å². The van der Waals surface area contributed by atoms with Gasteiger partial charge in [-0.05, 0) is 42.4 Å². The Morgan fingerprint density at radius 1 is 1.29 bits per heavy atom. The van der Waals surface area contributed by atoms with E-state index < -0.39 is 23.8 Å². The van der Waals surface area contributed by atoms with E-state index in [1.165, 1.54) is 11.3 Å². The van der Waals surface area contributed by atoms with Crippen LogP contribution in [-0.2, 0) is 9.59 Å². The van der Waals surface area contributed by atoms with E-state index in [1.807, 2.05) is 12.1 Å². The monoisotopic (exact) mass is 479 g/mol. The molecule has 9 heteroatoms. The second kappa shape index (κ2) is 5.73. The lowest BCUT2D eigenvalue weighted by molar-refractivity contribution is -0.156. The molecule has 2 fully saturated rings. The number of carboxylic acids is 1. The molecule has 2 aliphatic heterocycles. The van der Waals surface area contributed by atoms with Crippen molar-refractivity contribution in [1.29, 1.82) is 0 Å². The molecule has 0 saturated heterocycles. The van der Waals surface area contributed by atoms with Crippen molar-refractivity contribution in [3.05, 3.63) is 42.8 Å². The van der Waals surface area contributed by atoms with Crippen molar-refractivity contribution >= 4 is 51.0 Å². The number of thioether (sulfide) groups is 1. The predicted molar refractivity (Wildman–Crippen MR) is 106 cm³/mol. The Morgan fingerprint density at radius 3 is 2.89 bits per heavy atom. The van der Waals surface area contributed by atoms with Gasteiger partial charge in [-0.1, -0.05) is 27.3 Å². The van der Waals surface area contributed by atoms with Crippen molar-refractivity contribution in [3.63, 3.8) is 0 Å². The number of aliphatic carboxylic acids is 1. The van der Waals surface area contributed by atoms with E-state index in [2.05, 4.69) is 20.9 Å². The number of aromatic amines is 1. The molecule has 2 bridgehead atoms. The molecule has 4 aliphatic rings. The Morgan fingerprint density at radius 2 is 2.11 bits per heavy atom. The molecule has 144 valence electrons. The normalized spacial score (nSPS) is 36.9. The van der Waals surface area contributed by atoms with Crippen molar-refractivity contribution < 1.29 is 19.4 Å². The molecular formula is C19H14BrNO5S2. The van der Waals surface area contributed by atoms with Gasteiger partial charge in [0, 0.05) is 26.1 Å². The molecule has 2 N–H and O–H groups in total. The SMILES string of the molecule is O=C1Oc2ccc(Br)cc2[C@H]2c3sc(=O)[nH]c3S[C@H]3[C@@H]4C[C@H]([C@@H]1[C@H]4C(=O)O)[C@H]23. The summed E-state index contributed by atoms with van der Waals surface area (Å²) in [6.45, 7) is 0. The van der Waals surface area contributed by atoms with Crippen LogP contribution in [0.15, 0.2) is 32.5 Å². The molecule has 28 heavy (non-hydrogen) atoms. The highest BCUT2D eigenvalue weighted by Crippen LogP contribution is 2.68. The van der Waals surface area contributed by atoms with Gasteiger partial charge >= 0.3 is 16.8 Å². The zero-order valence-electron chi connectivity index (χ0n) is 14.3. The summed E-state index contributed by atoms with van der Waals surface area (Å²) in [4.78, 5) is 41.0. The van der Waals surface area contributed by atoms with Crippen LogP contribution in [-0.4, -0.2) is 27.3 Å². The first kappa shape index (κ1) is 17.3. The number of nitrogens with one attached hydrogen (secondary N) is 1. The Kier molecular flexibility index (Phi) is 3.54. The van der Waals surface area contributed by atoms with E-state index in [0.717, 1.165) is 26.4 Å². The third-order valence-electron chi connectivity index (χ3n) is 6.79. The number of carboxylic acid groups (broad SMARTS) is 1. The van der Waals surface area contributed by atoms with Gasteiger partial charge in [-0.25, -0.2) is 0 Å². The molecule has 2 aliphatic carbocycles. The highest BCUT2D eigenvalue weighted by atomic mass is 79.9. The summed E-state index contributed by atoms with van der Waals surface area (Å²) in [6, 6.07) is 5.54. The summed E-state index contributed by atoms with van der Waals surface area (Å²) >= 11 is 6.33. The zero-order chi connectivity index (χ0) is 19.3. The number of carbonyl (C=O) groups excluding carboxylic acids is 1. The van der Waals surface area contributed by atoms with Crippen LogP contribution in [0.3, 0.4) is 0 Å². The molecule has 1 aromatic heterocycles. The standard InChI is InChI=1S/C19H14BrNO5S2/c20-5-1-2-9-6(3-5)10-11-7-4-8(12(17(22)23)13(7)18(24)26-9)14(11)27-16-15(10)28-19(25)21-16/h1-3,7-8,10-14H,4H2,(H,21,25)(H,22,23)/t7-,8+,10+,11+,12-,13+,14-/m0/s1. The van der Waals surface area contributed by atoms with Crippen molar-refractivity contribution in [2.24, 2.45) is 29.6 Å². The molecule has 6 nitrogen and oxygen atoms in total. The van der Waals surface area contributed by atoms with Gasteiger partial charge in [0.15, 0.2) is 0 Å². The van der Waals surface area contributed by atoms with Crippen LogP contribution in [0.5, 0.6) is 5.75 Å². The molecule has 1 aromatic carbocycles. The van der Waals surface area contributed by atoms with E-state index in [-0.39, 0.29) is 33.8 Å². The average Bonchev–Trinajstić information content (AvgIpc) is 3.30. The van der Waals surface area contributed by atoms with E-state index in [0.29, 0.717) is 5.75 Å². The van der Waals surface area contributed by atoms with Crippen molar-refractivity contribution in [2.75, 3.05) is 0 Å². The van der Waals surface area contributed by atoms with Gasteiger partial charge in [0.25, 0.3) is 0 Å². The number of halogens is 1. The number of carbonyl (C=O) groups is 2. The number of fused-ring (bicyclic) bond motifs is 6. The Balaban J connectivity index is 1.64. The number of hydrogen-bond acceptors (Lipinski definition) is 6. The predicted octanol–water partition coefficient (Wildman–Crippen LogP) is 3.31. The van der Waals surface area contributed by atoms with E-state index in [4.69, 9.17) is 4.74 Å². The lowest BCUT2D eigenvalue weighted by Crippen LogP contribution is -2.49. The second-order valence-corrected chi connectivity index (χ2v) is 11.0. The Hall–Kier alpha value is -1.58. The van der Waals surface area contributed by atoms with Crippen LogP contribution in [0.4, 0.5) is 0 Å². The summed E-state index contributed by atoms with van der Waals surface area (Å²) in [7, 11) is 0. The van der Waals surface area contributed by atoms with Crippen LogP contribution < -0.4 is 9.61 Å². The second-order valence-electron chi connectivity index (χ2n) is 7.90. The maximum absolute atomic E-state index is 13.0. The topological polar surface area (TPSA) is 96.5 Å². The molecule has 7 atom stereocenters.